The molecule has 0 aliphatic heterocycles. The van der Waals surface area contributed by atoms with Crippen molar-refractivity contribution in [3.8, 4) is 27.9 Å². The van der Waals surface area contributed by atoms with Gasteiger partial charge in [0.1, 0.15) is 11.2 Å². The molecule has 0 unspecified atom stereocenters. The maximum Gasteiger partial charge on any atom is 0.212 e. The Balaban J connectivity index is 1.04. The Labute approximate surface area is 321 Å². The average molecular weight is 722 g/mol. The molecule has 11 rings (SSSR count). The summed E-state index contributed by atoms with van der Waals surface area (Å²) in [5, 5.41) is 7.01. The summed E-state index contributed by atoms with van der Waals surface area (Å²) in [5.74, 6) is -0.512. The van der Waals surface area contributed by atoms with E-state index in [0.717, 1.165) is 78.0 Å². The predicted molar refractivity (Wildman–Crippen MR) is 229 cm³/mol. The van der Waals surface area contributed by atoms with Crippen molar-refractivity contribution < 1.29 is 8.81 Å². The molecule has 56 heavy (non-hydrogen) atoms. The Hall–Kier alpha value is -7.50. The second-order valence-corrected chi connectivity index (χ2v) is 14.2. The molecular weight excluding hydrogens is 690 g/mol. The van der Waals surface area contributed by atoms with E-state index in [0.29, 0.717) is 0 Å². The number of aromatic nitrogens is 2. The molecule has 0 amide bonds. The van der Waals surface area contributed by atoms with E-state index in [-0.39, 0.29) is 0 Å². The molecule has 11 aromatic rings. The third-order valence-corrected chi connectivity index (χ3v) is 10.9. The molecule has 0 saturated carbocycles. The second kappa shape index (κ2) is 12.8. The van der Waals surface area contributed by atoms with E-state index in [1.165, 1.54) is 27.6 Å². The molecule has 3 aromatic heterocycles. The lowest BCUT2D eigenvalue weighted by molar-refractivity contribution is 0.584. The number of furan rings is 1. The van der Waals surface area contributed by atoms with E-state index < -0.39 is 5.95 Å². The standard InChI is InChI=1S/C51H32FN3O/c52-51-27-24-42(32-53-51)54(39-19-14-34(15-20-39)33-8-2-1-3-9-33)40-21-16-35(17-22-40)38-18-25-43-45-28-36-10-4-5-11-37(36)29-48(45)55(47(43)30-38)41-23-26-50-46(31-41)44-12-6-7-13-49(44)56-50/h1-32H. The summed E-state index contributed by atoms with van der Waals surface area (Å²) in [5.41, 5.74) is 12.3. The summed E-state index contributed by atoms with van der Waals surface area (Å²) < 4.78 is 22.6. The van der Waals surface area contributed by atoms with Gasteiger partial charge in [0.25, 0.3) is 0 Å². The first-order valence-corrected chi connectivity index (χ1v) is 18.7. The summed E-state index contributed by atoms with van der Waals surface area (Å²) in [4.78, 5) is 6.10. The molecule has 264 valence electrons. The van der Waals surface area contributed by atoms with Crippen LogP contribution in [-0.2, 0) is 0 Å². The van der Waals surface area contributed by atoms with Crippen LogP contribution in [0.15, 0.2) is 199 Å². The molecule has 3 heterocycles. The fourth-order valence-electron chi connectivity index (χ4n) is 8.20. The van der Waals surface area contributed by atoms with Crippen LogP contribution in [-0.4, -0.2) is 9.55 Å². The van der Waals surface area contributed by atoms with Gasteiger partial charge in [-0.15, -0.1) is 0 Å². The third kappa shape index (κ3) is 5.32. The summed E-state index contributed by atoms with van der Waals surface area (Å²) in [6, 6.07) is 65.1. The summed E-state index contributed by atoms with van der Waals surface area (Å²) in [6.45, 7) is 0. The molecule has 5 heteroatoms. The van der Waals surface area contributed by atoms with Crippen LogP contribution in [0.3, 0.4) is 0 Å². The molecule has 0 bridgehead atoms. The first kappa shape index (κ1) is 32.0. The SMILES string of the molecule is Fc1ccc(N(c2ccc(-c3ccccc3)cc2)c2ccc(-c3ccc4c5cc6ccccc6cc5n(-c5ccc6oc7ccccc7c6c5)c4c3)cc2)cn1. The molecule has 0 aliphatic carbocycles. The maximum absolute atomic E-state index is 14.0. The van der Waals surface area contributed by atoms with Gasteiger partial charge in [-0.25, -0.2) is 4.98 Å². The van der Waals surface area contributed by atoms with Crippen LogP contribution in [0.1, 0.15) is 0 Å². The normalized spacial score (nSPS) is 11.7. The van der Waals surface area contributed by atoms with E-state index in [2.05, 4.69) is 160 Å². The van der Waals surface area contributed by atoms with Crippen molar-refractivity contribution in [2.45, 2.75) is 0 Å². The highest BCUT2D eigenvalue weighted by Crippen LogP contribution is 2.40. The fourth-order valence-corrected chi connectivity index (χ4v) is 8.20. The molecular formula is C51H32FN3O. The summed E-state index contributed by atoms with van der Waals surface area (Å²) in [7, 11) is 0. The molecule has 0 radical (unpaired) electrons. The average Bonchev–Trinajstić information content (AvgIpc) is 3.78. The van der Waals surface area contributed by atoms with Crippen LogP contribution >= 0.6 is 0 Å². The lowest BCUT2D eigenvalue weighted by Crippen LogP contribution is -2.10. The summed E-state index contributed by atoms with van der Waals surface area (Å²) in [6.07, 6.45) is 1.58. The van der Waals surface area contributed by atoms with E-state index in [1.807, 2.05) is 30.3 Å². The molecule has 0 fully saturated rings. The molecule has 4 nitrogen and oxygen atoms in total. The third-order valence-electron chi connectivity index (χ3n) is 10.9. The molecule has 0 saturated heterocycles. The Morgan fingerprint density at radius 2 is 1.04 bits per heavy atom. The number of benzene rings is 8. The van der Waals surface area contributed by atoms with Gasteiger partial charge in [0.05, 0.1) is 22.9 Å². The van der Waals surface area contributed by atoms with Gasteiger partial charge in [0.2, 0.25) is 5.95 Å². The predicted octanol–water partition coefficient (Wildman–Crippen LogP) is 14.2. The number of fused-ring (bicyclic) bond motifs is 7. The summed E-state index contributed by atoms with van der Waals surface area (Å²) >= 11 is 0. The minimum atomic E-state index is -0.512. The zero-order valence-corrected chi connectivity index (χ0v) is 30.1. The van der Waals surface area contributed by atoms with Crippen LogP contribution in [0.25, 0.3) is 82.5 Å². The van der Waals surface area contributed by atoms with E-state index in [4.69, 9.17) is 4.42 Å². The van der Waals surface area contributed by atoms with Crippen molar-refractivity contribution in [1.29, 1.82) is 0 Å². The molecule has 0 atom stereocenters. The highest BCUT2D eigenvalue weighted by Gasteiger charge is 2.18. The highest BCUT2D eigenvalue weighted by atomic mass is 19.1. The van der Waals surface area contributed by atoms with Crippen LogP contribution in [0.4, 0.5) is 21.5 Å². The fraction of sp³-hybridized carbons (Fsp3) is 0. The minimum Gasteiger partial charge on any atom is -0.456 e. The van der Waals surface area contributed by atoms with Gasteiger partial charge in [-0.1, -0.05) is 109 Å². The van der Waals surface area contributed by atoms with Gasteiger partial charge in [-0.05, 0) is 112 Å². The smallest absolute Gasteiger partial charge is 0.212 e. The van der Waals surface area contributed by atoms with Crippen LogP contribution in [0.2, 0.25) is 0 Å². The molecule has 8 aromatic carbocycles. The van der Waals surface area contributed by atoms with E-state index >= 15 is 0 Å². The number of rotatable bonds is 6. The van der Waals surface area contributed by atoms with Crippen molar-refractivity contribution in [3.63, 3.8) is 0 Å². The van der Waals surface area contributed by atoms with Crippen molar-refractivity contribution in [2.75, 3.05) is 4.90 Å². The van der Waals surface area contributed by atoms with Gasteiger partial charge in [0, 0.05) is 38.6 Å². The van der Waals surface area contributed by atoms with Gasteiger partial charge in [-0.2, -0.15) is 4.39 Å². The highest BCUT2D eigenvalue weighted by molar-refractivity contribution is 6.15. The number of anilines is 3. The number of hydrogen-bond acceptors (Lipinski definition) is 3. The molecule has 0 aliphatic rings. The Kier molecular flexibility index (Phi) is 7.32. The topological polar surface area (TPSA) is 34.2 Å². The van der Waals surface area contributed by atoms with Gasteiger partial charge >= 0.3 is 0 Å². The van der Waals surface area contributed by atoms with Crippen molar-refractivity contribution >= 4 is 71.6 Å². The minimum absolute atomic E-state index is 0.512. The Morgan fingerprint density at radius 3 is 1.79 bits per heavy atom. The van der Waals surface area contributed by atoms with Gasteiger partial charge < -0.3 is 13.9 Å². The van der Waals surface area contributed by atoms with Crippen LogP contribution in [0, 0.1) is 5.95 Å². The largest absolute Gasteiger partial charge is 0.456 e. The monoisotopic (exact) mass is 721 g/mol. The zero-order chi connectivity index (χ0) is 37.2. The van der Waals surface area contributed by atoms with Gasteiger partial charge in [-0.3, -0.25) is 0 Å². The van der Waals surface area contributed by atoms with Gasteiger partial charge in [0.15, 0.2) is 0 Å². The number of halogens is 1. The lowest BCUT2D eigenvalue weighted by Gasteiger charge is -2.25. The van der Waals surface area contributed by atoms with Crippen molar-refractivity contribution in [3.05, 3.63) is 200 Å². The van der Waals surface area contributed by atoms with Crippen LogP contribution < -0.4 is 4.90 Å². The second-order valence-electron chi connectivity index (χ2n) is 14.2. The Morgan fingerprint density at radius 1 is 0.429 bits per heavy atom. The maximum atomic E-state index is 14.0. The van der Waals surface area contributed by atoms with Crippen molar-refractivity contribution in [1.82, 2.24) is 9.55 Å². The van der Waals surface area contributed by atoms with Crippen molar-refractivity contribution in [2.24, 2.45) is 0 Å². The molecule has 0 spiro atoms. The zero-order valence-electron chi connectivity index (χ0n) is 30.1. The van der Waals surface area contributed by atoms with E-state index in [9.17, 15) is 4.39 Å². The van der Waals surface area contributed by atoms with E-state index in [1.54, 1.807) is 12.3 Å². The number of nitrogens with zero attached hydrogens (tertiary/aromatic N) is 3. The Bertz CT molecular complexity index is 3240. The quantitative estimate of drug-likeness (QED) is 0.160. The lowest BCUT2D eigenvalue weighted by atomic mass is 10.0. The molecule has 0 N–H and O–H groups in total. The first-order valence-electron chi connectivity index (χ1n) is 18.7. The first-order chi connectivity index (χ1) is 27.6. The van der Waals surface area contributed by atoms with Crippen LogP contribution in [0.5, 0.6) is 0 Å². The number of para-hydroxylation sites is 1. The number of pyridine rings is 1. The number of hydrogen-bond donors (Lipinski definition) is 0.